The van der Waals surface area contributed by atoms with Gasteiger partial charge in [0.05, 0.1) is 53.8 Å². The zero-order valence-electron chi connectivity index (χ0n) is 21.0. The fraction of sp³-hybridized carbons (Fsp3) is 0.250. The van der Waals surface area contributed by atoms with Crippen molar-refractivity contribution in [1.29, 1.82) is 0 Å². The molecule has 4 unspecified atom stereocenters. The summed E-state index contributed by atoms with van der Waals surface area (Å²) < 4.78 is 61.9. The first-order chi connectivity index (χ1) is 20.5. The summed E-state index contributed by atoms with van der Waals surface area (Å²) in [6.07, 6.45) is 2.87. The highest BCUT2D eigenvalue weighted by Crippen LogP contribution is 2.58. The van der Waals surface area contributed by atoms with Gasteiger partial charge in [-0.25, -0.2) is 0 Å². The molecule has 4 atom stereocenters. The minimum Gasteiger partial charge on any atom is -0.272 e. The number of amides is 4. The molecule has 20 heteroatoms. The Bertz CT molecular complexity index is 1790. The van der Waals surface area contributed by atoms with Crippen LogP contribution >= 0.6 is 69.6 Å². The second-order valence-corrected chi connectivity index (χ2v) is 15.5. The molecule has 2 aromatic rings. The van der Waals surface area contributed by atoms with E-state index in [9.17, 15) is 36.0 Å². The molecule has 0 radical (unpaired) electrons. The first kappa shape index (κ1) is 32.0. The predicted octanol–water partition coefficient (Wildman–Crippen LogP) is 4.57. The molecular formula is C24H12Cl6N2O10S2. The molecule has 7 rings (SSSR count). The number of halogens is 6. The SMILES string of the molecule is O=C1C2C3C=CC(C2C(=O)N1OS(=O)(=O)c1cc(Cl)c(Cl)cc1Cl)C1C(=O)N(OS(=O)(=O)c2cc(Cl)c(Cl)cc2Cl)C(=O)C31. The Labute approximate surface area is 278 Å². The molecule has 0 spiro atoms. The number of carbonyl (C=O) groups is 4. The van der Waals surface area contributed by atoms with Gasteiger partial charge in [-0.15, -0.1) is 18.7 Å². The standard InChI is InChI=1S/C24H12Cl6N2O10S2/c25-9-3-13(29)15(5-11(9)27)43(37,38)41-31-21(33)17-7-1-2-8(19(17)23(31)35)20-18(7)22(34)32(24(20)36)42-44(39,40)16-6-12(28)10(26)4-14(16)30/h1-8,17-20H. The van der Waals surface area contributed by atoms with Crippen molar-refractivity contribution in [2.75, 3.05) is 0 Å². The Balaban J connectivity index is 1.29. The van der Waals surface area contributed by atoms with Crippen molar-refractivity contribution in [3.05, 3.63) is 66.6 Å². The predicted molar refractivity (Wildman–Crippen MR) is 153 cm³/mol. The summed E-state index contributed by atoms with van der Waals surface area (Å²) in [5.41, 5.74) is 0. The molecular weight excluding hydrogens is 753 g/mol. The summed E-state index contributed by atoms with van der Waals surface area (Å²) in [5, 5.41) is -1.23. The number of imide groups is 2. The van der Waals surface area contributed by atoms with Crippen molar-refractivity contribution in [2.45, 2.75) is 9.79 Å². The molecule has 3 fully saturated rings. The zero-order chi connectivity index (χ0) is 32.2. The summed E-state index contributed by atoms with van der Waals surface area (Å²) in [6.45, 7) is 0. The van der Waals surface area contributed by atoms with E-state index in [0.29, 0.717) is 0 Å². The monoisotopic (exact) mass is 762 g/mol. The lowest BCUT2D eigenvalue weighted by Crippen LogP contribution is -2.50. The first-order valence-corrected chi connectivity index (χ1v) is 17.2. The average molecular weight is 765 g/mol. The van der Waals surface area contributed by atoms with Crippen molar-refractivity contribution in [3.63, 3.8) is 0 Å². The van der Waals surface area contributed by atoms with Gasteiger partial charge in [0.2, 0.25) is 0 Å². The third-order valence-electron chi connectivity index (χ3n) is 7.76. The van der Waals surface area contributed by atoms with Crippen molar-refractivity contribution >= 4 is 113 Å². The maximum atomic E-state index is 13.5. The Hall–Kier alpha value is -1.98. The van der Waals surface area contributed by atoms with Crippen molar-refractivity contribution in [1.82, 2.24) is 10.1 Å². The molecule has 2 aromatic carbocycles. The van der Waals surface area contributed by atoms with Crippen LogP contribution in [0.2, 0.25) is 30.1 Å². The lowest BCUT2D eigenvalue weighted by molar-refractivity contribution is -0.166. The lowest BCUT2D eigenvalue weighted by atomic mass is 9.54. The third kappa shape index (κ3) is 4.77. The molecule has 232 valence electrons. The van der Waals surface area contributed by atoms with Gasteiger partial charge in [-0.3, -0.25) is 19.2 Å². The van der Waals surface area contributed by atoms with Gasteiger partial charge >= 0.3 is 20.2 Å². The zero-order valence-corrected chi connectivity index (χ0v) is 27.2. The van der Waals surface area contributed by atoms with Crippen LogP contribution in [0.3, 0.4) is 0 Å². The smallest absolute Gasteiger partial charge is 0.272 e. The summed E-state index contributed by atoms with van der Waals surface area (Å²) in [5.74, 6) is -12.0. The maximum absolute atomic E-state index is 13.5. The topological polar surface area (TPSA) is 161 Å². The van der Waals surface area contributed by atoms with E-state index in [2.05, 4.69) is 0 Å². The van der Waals surface area contributed by atoms with E-state index in [1.807, 2.05) is 0 Å². The minimum absolute atomic E-state index is 0.0531. The third-order valence-corrected chi connectivity index (χ3v) is 12.5. The van der Waals surface area contributed by atoms with Gasteiger partial charge in [0.15, 0.2) is 0 Å². The number of nitrogens with zero attached hydrogens (tertiary/aromatic N) is 2. The normalized spacial score (nSPS) is 27.9. The number of carbonyl (C=O) groups excluding carboxylic acids is 4. The van der Waals surface area contributed by atoms with E-state index in [0.717, 1.165) is 24.3 Å². The minimum atomic E-state index is -4.91. The van der Waals surface area contributed by atoms with E-state index >= 15 is 0 Å². The molecule has 12 nitrogen and oxygen atoms in total. The van der Waals surface area contributed by atoms with Gasteiger partial charge in [-0.05, 0) is 24.3 Å². The summed E-state index contributed by atoms with van der Waals surface area (Å²) >= 11 is 35.5. The van der Waals surface area contributed by atoms with E-state index in [-0.39, 0.29) is 30.2 Å². The molecule has 2 bridgehead atoms. The van der Waals surface area contributed by atoms with E-state index in [1.54, 1.807) is 0 Å². The fourth-order valence-electron chi connectivity index (χ4n) is 5.99. The Morgan fingerprint density at radius 1 is 0.477 bits per heavy atom. The molecule has 2 aliphatic heterocycles. The summed E-state index contributed by atoms with van der Waals surface area (Å²) in [7, 11) is -9.82. The quantitative estimate of drug-likeness (QED) is 0.232. The van der Waals surface area contributed by atoms with Crippen LogP contribution in [0, 0.1) is 35.5 Å². The molecule has 1 saturated carbocycles. The molecule has 44 heavy (non-hydrogen) atoms. The highest BCUT2D eigenvalue weighted by molar-refractivity contribution is 7.87. The molecule has 2 heterocycles. The highest BCUT2D eigenvalue weighted by Gasteiger charge is 2.70. The van der Waals surface area contributed by atoms with Crippen LogP contribution in [0.25, 0.3) is 0 Å². The van der Waals surface area contributed by atoms with Crippen LogP contribution < -0.4 is 0 Å². The molecule has 5 aliphatic rings. The lowest BCUT2D eigenvalue weighted by Gasteiger charge is -2.44. The Morgan fingerprint density at radius 2 is 0.750 bits per heavy atom. The van der Waals surface area contributed by atoms with Gasteiger partial charge in [-0.2, -0.15) is 16.8 Å². The fourth-order valence-corrected chi connectivity index (χ4v) is 9.74. The van der Waals surface area contributed by atoms with E-state index < -0.39 is 99.2 Å². The second-order valence-electron chi connectivity index (χ2n) is 10.0. The molecule has 0 aromatic heterocycles. The number of allylic oxidation sites excluding steroid dienone is 2. The number of rotatable bonds is 6. The van der Waals surface area contributed by atoms with Crippen LogP contribution in [0.1, 0.15) is 0 Å². The van der Waals surface area contributed by atoms with Crippen LogP contribution in [-0.4, -0.2) is 50.6 Å². The van der Waals surface area contributed by atoms with E-state index in [1.165, 1.54) is 12.2 Å². The number of hydrogen-bond donors (Lipinski definition) is 0. The van der Waals surface area contributed by atoms with Crippen molar-refractivity contribution in [3.8, 4) is 0 Å². The van der Waals surface area contributed by atoms with Gasteiger partial charge in [0.25, 0.3) is 23.6 Å². The molecule has 0 N–H and O–H groups in total. The van der Waals surface area contributed by atoms with Crippen LogP contribution in [-0.2, 0) is 48.0 Å². The Morgan fingerprint density at radius 3 is 1.05 bits per heavy atom. The van der Waals surface area contributed by atoms with Crippen LogP contribution in [0.5, 0.6) is 0 Å². The second kappa shape index (κ2) is 10.8. The molecule has 2 saturated heterocycles. The first-order valence-electron chi connectivity index (χ1n) is 12.1. The summed E-state index contributed by atoms with van der Waals surface area (Å²) in [4.78, 5) is 52.4. The van der Waals surface area contributed by atoms with Crippen molar-refractivity contribution in [2.24, 2.45) is 35.5 Å². The largest absolute Gasteiger partial charge is 0.319 e. The van der Waals surface area contributed by atoms with Crippen molar-refractivity contribution < 1.29 is 44.6 Å². The van der Waals surface area contributed by atoms with Gasteiger partial charge < -0.3 is 0 Å². The number of hydroxylamine groups is 4. The van der Waals surface area contributed by atoms with Gasteiger partial charge in [-0.1, -0.05) is 81.8 Å². The number of hydrogen-bond acceptors (Lipinski definition) is 10. The Kier molecular flexibility index (Phi) is 7.84. The molecule has 3 aliphatic carbocycles. The van der Waals surface area contributed by atoms with Crippen LogP contribution in [0.15, 0.2) is 46.2 Å². The van der Waals surface area contributed by atoms with E-state index in [4.69, 9.17) is 78.2 Å². The molecule has 4 amide bonds. The van der Waals surface area contributed by atoms with Gasteiger partial charge in [0, 0.05) is 11.8 Å². The van der Waals surface area contributed by atoms with Crippen LogP contribution in [0.4, 0.5) is 0 Å². The summed E-state index contributed by atoms with van der Waals surface area (Å²) in [6, 6.07) is 3.81. The van der Waals surface area contributed by atoms with Gasteiger partial charge in [0.1, 0.15) is 9.79 Å². The maximum Gasteiger partial charge on any atom is 0.319 e. The highest BCUT2D eigenvalue weighted by atomic mass is 35.5. The average Bonchev–Trinajstić information content (AvgIpc) is 3.35. The number of benzene rings is 2.